The van der Waals surface area contributed by atoms with Gasteiger partial charge in [0.15, 0.2) is 11.1 Å². The Morgan fingerprint density at radius 3 is 2.73 bits per heavy atom. The maximum absolute atomic E-state index is 11.6. The third-order valence-corrected chi connectivity index (χ3v) is 4.19. The number of carbonyl (C=O) groups excluding carboxylic acids is 1. The summed E-state index contributed by atoms with van der Waals surface area (Å²) >= 11 is 0. The van der Waals surface area contributed by atoms with Gasteiger partial charge in [0.25, 0.3) is 15.9 Å². The number of nitrogens with zero attached hydrogens (tertiary/aromatic N) is 1. The number of carbonyl (C=O) groups is 1. The highest BCUT2D eigenvalue weighted by Gasteiger charge is 2.46. The number of amides is 1. The number of fused-ring (bicyclic) bond motifs is 1. The van der Waals surface area contributed by atoms with E-state index in [4.69, 9.17) is 10.2 Å². The number of hydrogen-bond acceptors (Lipinski definition) is 5. The van der Waals surface area contributed by atoms with E-state index in [1.54, 1.807) is 0 Å². The molecule has 2 aliphatic rings. The Balaban J connectivity index is 2.48. The fourth-order valence-electron chi connectivity index (χ4n) is 1.83. The quantitative estimate of drug-likeness (QED) is 0.374. The molecule has 7 nitrogen and oxygen atoms in total. The van der Waals surface area contributed by atoms with Crippen LogP contribution in [0.3, 0.4) is 0 Å². The fourth-order valence-corrected chi connectivity index (χ4v) is 3.44. The van der Waals surface area contributed by atoms with Crippen LogP contribution in [0.4, 0.5) is 0 Å². The van der Waals surface area contributed by atoms with Gasteiger partial charge in [-0.15, -0.1) is 0 Å². The Bertz CT molecular complexity index is 436. The highest BCUT2D eigenvalue weighted by molar-refractivity contribution is 7.90. The van der Waals surface area contributed by atoms with Crippen LogP contribution in [-0.4, -0.2) is 41.4 Å². The highest BCUT2D eigenvalue weighted by Crippen LogP contribution is 2.27. The number of hydrogen-bond donors (Lipinski definition) is 3. The molecule has 1 amide bonds. The third-order valence-electron chi connectivity index (χ3n) is 2.50. The summed E-state index contributed by atoms with van der Waals surface area (Å²) in [5, 5.41) is 16.6. The molecule has 0 bridgehead atoms. The lowest BCUT2D eigenvalue weighted by Crippen LogP contribution is -2.54. The molecule has 1 atom stereocenters. The molecule has 0 saturated carbocycles. The maximum atomic E-state index is 11.6. The average Bonchev–Trinajstić information content (AvgIpc) is 2.60. The van der Waals surface area contributed by atoms with Gasteiger partial charge in [0.2, 0.25) is 0 Å². The van der Waals surface area contributed by atoms with Crippen LogP contribution in [-0.2, 0) is 14.8 Å². The molecule has 2 fully saturated rings. The summed E-state index contributed by atoms with van der Waals surface area (Å²) in [6.45, 7) is 0.321. The lowest BCUT2D eigenvalue weighted by molar-refractivity contribution is -0.128. The average molecular weight is 234 g/mol. The summed E-state index contributed by atoms with van der Waals surface area (Å²) in [5.74, 6) is -1.98. The molecule has 3 N–H and O–H groups in total. The van der Waals surface area contributed by atoms with Crippen LogP contribution in [0.1, 0.15) is 12.8 Å². The molecule has 0 aromatic carbocycles. The van der Waals surface area contributed by atoms with Gasteiger partial charge in [-0.25, -0.2) is 8.42 Å². The second kappa shape index (κ2) is 3.02. The molecule has 2 rings (SSSR count). The predicted molar refractivity (Wildman–Crippen MR) is 49.1 cm³/mol. The van der Waals surface area contributed by atoms with Gasteiger partial charge in [-0.1, -0.05) is 0 Å². The van der Waals surface area contributed by atoms with Gasteiger partial charge in [-0.3, -0.25) is 9.52 Å². The predicted octanol–water partition coefficient (Wildman–Crippen LogP) is -0.847. The van der Waals surface area contributed by atoms with Crippen molar-refractivity contribution < 1.29 is 23.4 Å². The SMILES string of the molecule is O=C1C(=C(O)O)NS(=O)(=O)C2CCCN12. The molecule has 2 saturated heterocycles. The number of nitrogens with one attached hydrogen (secondary N) is 1. The van der Waals surface area contributed by atoms with Crippen molar-refractivity contribution in [2.75, 3.05) is 6.54 Å². The first-order valence-electron chi connectivity index (χ1n) is 4.38. The number of aliphatic hydroxyl groups is 2. The van der Waals surface area contributed by atoms with E-state index >= 15 is 0 Å². The molecule has 0 aliphatic carbocycles. The van der Waals surface area contributed by atoms with Crippen LogP contribution in [0.15, 0.2) is 11.6 Å². The molecular formula is C7H10N2O5S. The van der Waals surface area contributed by atoms with Gasteiger partial charge in [0, 0.05) is 6.54 Å². The Labute approximate surface area is 86.0 Å². The molecule has 8 heteroatoms. The molecule has 0 aromatic heterocycles. The van der Waals surface area contributed by atoms with Gasteiger partial charge in [-0.05, 0) is 12.8 Å². The minimum atomic E-state index is -3.71. The number of aliphatic hydroxyl groups excluding tert-OH is 1. The van der Waals surface area contributed by atoms with Crippen LogP contribution < -0.4 is 4.72 Å². The monoisotopic (exact) mass is 234 g/mol. The first-order chi connectivity index (χ1) is 6.93. The Kier molecular flexibility index (Phi) is 2.03. The summed E-state index contributed by atoms with van der Waals surface area (Å²) in [7, 11) is -3.71. The smallest absolute Gasteiger partial charge is 0.305 e. The van der Waals surface area contributed by atoms with E-state index in [-0.39, 0.29) is 0 Å². The van der Waals surface area contributed by atoms with Crippen LogP contribution in [0.25, 0.3) is 0 Å². The van der Waals surface area contributed by atoms with Crippen LogP contribution >= 0.6 is 0 Å². The first-order valence-corrected chi connectivity index (χ1v) is 5.93. The highest BCUT2D eigenvalue weighted by atomic mass is 32.2. The zero-order chi connectivity index (χ0) is 11.2. The zero-order valence-electron chi connectivity index (χ0n) is 7.67. The van der Waals surface area contributed by atoms with Gasteiger partial charge in [-0.2, -0.15) is 0 Å². The van der Waals surface area contributed by atoms with Crippen molar-refractivity contribution in [3.05, 3.63) is 11.6 Å². The lowest BCUT2D eigenvalue weighted by Gasteiger charge is -2.30. The van der Waals surface area contributed by atoms with E-state index in [9.17, 15) is 13.2 Å². The van der Waals surface area contributed by atoms with Crippen molar-refractivity contribution in [1.29, 1.82) is 0 Å². The molecule has 1 unspecified atom stereocenters. The summed E-state index contributed by atoms with van der Waals surface area (Å²) in [6.07, 6.45) is 0.970. The summed E-state index contributed by atoms with van der Waals surface area (Å²) in [6, 6.07) is 0. The second-order valence-corrected chi connectivity index (χ2v) is 5.28. The summed E-state index contributed by atoms with van der Waals surface area (Å²) < 4.78 is 25.0. The van der Waals surface area contributed by atoms with Crippen molar-refractivity contribution in [2.45, 2.75) is 18.2 Å². The largest absolute Gasteiger partial charge is 0.479 e. The molecule has 15 heavy (non-hydrogen) atoms. The van der Waals surface area contributed by atoms with Crippen molar-refractivity contribution >= 4 is 15.9 Å². The van der Waals surface area contributed by atoms with E-state index in [1.165, 1.54) is 0 Å². The number of rotatable bonds is 0. The molecule has 84 valence electrons. The first kappa shape index (κ1) is 10.1. The Hall–Kier alpha value is -1.44. The van der Waals surface area contributed by atoms with Gasteiger partial charge in [0.05, 0.1) is 0 Å². The normalized spacial score (nSPS) is 28.5. The molecule has 0 aromatic rings. The van der Waals surface area contributed by atoms with Crippen LogP contribution in [0.2, 0.25) is 0 Å². The Morgan fingerprint density at radius 1 is 1.47 bits per heavy atom. The lowest BCUT2D eigenvalue weighted by atomic mass is 10.4. The van der Waals surface area contributed by atoms with Crippen molar-refractivity contribution in [2.24, 2.45) is 0 Å². The fraction of sp³-hybridized carbons (Fsp3) is 0.571. The van der Waals surface area contributed by atoms with Crippen molar-refractivity contribution in [3.63, 3.8) is 0 Å². The van der Waals surface area contributed by atoms with Crippen LogP contribution in [0, 0.1) is 0 Å². The van der Waals surface area contributed by atoms with Gasteiger partial charge >= 0.3 is 5.95 Å². The third kappa shape index (κ3) is 1.41. The molecule has 2 aliphatic heterocycles. The van der Waals surface area contributed by atoms with Crippen molar-refractivity contribution in [1.82, 2.24) is 9.62 Å². The van der Waals surface area contributed by atoms with Crippen LogP contribution in [0.5, 0.6) is 0 Å². The Morgan fingerprint density at radius 2 is 2.13 bits per heavy atom. The molecule has 0 radical (unpaired) electrons. The number of sulfonamides is 1. The van der Waals surface area contributed by atoms with E-state index in [0.717, 1.165) is 4.90 Å². The molecule has 2 heterocycles. The van der Waals surface area contributed by atoms with E-state index < -0.39 is 32.9 Å². The second-order valence-electron chi connectivity index (χ2n) is 3.44. The minimum absolute atomic E-state index is 0.321. The van der Waals surface area contributed by atoms with Gasteiger partial charge < -0.3 is 15.1 Å². The maximum Gasteiger partial charge on any atom is 0.305 e. The summed E-state index contributed by atoms with van der Waals surface area (Å²) in [5.41, 5.74) is -0.673. The zero-order valence-corrected chi connectivity index (χ0v) is 8.49. The minimum Gasteiger partial charge on any atom is -0.479 e. The van der Waals surface area contributed by atoms with E-state index in [1.807, 2.05) is 4.72 Å². The van der Waals surface area contributed by atoms with E-state index in [2.05, 4.69) is 0 Å². The van der Waals surface area contributed by atoms with E-state index in [0.29, 0.717) is 19.4 Å². The van der Waals surface area contributed by atoms with Gasteiger partial charge in [0.1, 0.15) is 0 Å². The topological polar surface area (TPSA) is 107 Å². The van der Waals surface area contributed by atoms with Crippen molar-refractivity contribution in [3.8, 4) is 0 Å². The summed E-state index contributed by atoms with van der Waals surface area (Å²) in [4.78, 5) is 12.7. The molecular weight excluding hydrogens is 224 g/mol. The standard InChI is InChI=1S/C7H10N2O5S/c10-6-5(7(11)12)8-15(13,14)4-2-1-3-9(4)6/h4,8,11-12H,1-3H2. The molecule has 0 spiro atoms.